The Bertz CT molecular complexity index is 1040. The number of halogens is 3. The molecular formula is C21H27F3N8O. The number of hydrogen-bond donors (Lipinski definition) is 0. The number of tetrazole rings is 1. The van der Waals surface area contributed by atoms with Crippen LogP contribution in [-0.2, 0) is 19.3 Å². The van der Waals surface area contributed by atoms with Crippen molar-refractivity contribution in [2.45, 2.75) is 52.0 Å². The summed E-state index contributed by atoms with van der Waals surface area (Å²) >= 11 is 0. The van der Waals surface area contributed by atoms with Crippen molar-refractivity contribution >= 4 is 0 Å². The number of nitrogens with zero attached hydrogens (tertiary/aromatic N) is 8. The van der Waals surface area contributed by atoms with Crippen LogP contribution in [0.5, 0.6) is 0 Å². The minimum absolute atomic E-state index is 0.144. The summed E-state index contributed by atoms with van der Waals surface area (Å²) in [7, 11) is 0. The molecule has 0 saturated carbocycles. The van der Waals surface area contributed by atoms with E-state index in [1.165, 1.54) is 6.07 Å². The summed E-state index contributed by atoms with van der Waals surface area (Å²) < 4.78 is 46.3. The molecule has 1 aromatic carbocycles. The molecule has 178 valence electrons. The van der Waals surface area contributed by atoms with Crippen LogP contribution >= 0.6 is 0 Å². The van der Waals surface area contributed by atoms with Gasteiger partial charge in [0.1, 0.15) is 0 Å². The molecule has 0 aliphatic carbocycles. The molecule has 0 radical (unpaired) electrons. The van der Waals surface area contributed by atoms with Gasteiger partial charge in [0.15, 0.2) is 5.82 Å². The van der Waals surface area contributed by atoms with Crippen molar-refractivity contribution in [3.63, 3.8) is 0 Å². The standard InChI is InChI=1S/C21H27F3N8O/c1-3-4-8-32-18(26-28-29-32)14-30-9-11-31(12-10-30)15(2)20-25-19(27-33-20)16-6-5-7-17(13-16)21(22,23)24/h5-7,13,15H,3-4,8-12,14H2,1-2H3. The molecule has 1 aliphatic rings. The van der Waals surface area contributed by atoms with E-state index in [0.29, 0.717) is 12.4 Å². The van der Waals surface area contributed by atoms with Crippen LogP contribution in [0.2, 0.25) is 0 Å². The first-order chi connectivity index (χ1) is 15.8. The molecule has 1 unspecified atom stereocenters. The molecule has 3 aromatic rings. The van der Waals surface area contributed by atoms with Crippen LogP contribution in [0.1, 0.15) is 50.0 Å². The Morgan fingerprint density at radius 1 is 1.15 bits per heavy atom. The fraction of sp³-hybridized carbons (Fsp3) is 0.571. The van der Waals surface area contributed by atoms with E-state index in [0.717, 1.165) is 63.5 Å². The number of benzene rings is 1. The summed E-state index contributed by atoms with van der Waals surface area (Å²) in [5, 5.41) is 16.0. The molecule has 1 atom stereocenters. The fourth-order valence-electron chi connectivity index (χ4n) is 3.84. The van der Waals surface area contributed by atoms with Gasteiger partial charge in [-0.1, -0.05) is 30.6 Å². The number of alkyl halides is 3. The van der Waals surface area contributed by atoms with Gasteiger partial charge in [-0.15, -0.1) is 5.10 Å². The molecule has 1 fully saturated rings. The van der Waals surface area contributed by atoms with Crippen LogP contribution in [0.4, 0.5) is 13.2 Å². The SMILES string of the molecule is CCCCn1nnnc1CN1CCN(C(C)c2nc(-c3cccc(C(F)(F)F)c3)no2)CC1. The fourth-order valence-corrected chi connectivity index (χ4v) is 3.84. The molecule has 0 N–H and O–H groups in total. The number of unbranched alkanes of at least 4 members (excludes halogenated alkanes) is 1. The highest BCUT2D eigenvalue weighted by Gasteiger charge is 2.31. The van der Waals surface area contributed by atoms with Crippen LogP contribution in [-0.4, -0.2) is 66.3 Å². The van der Waals surface area contributed by atoms with Crippen molar-refractivity contribution in [1.82, 2.24) is 40.1 Å². The zero-order chi connectivity index (χ0) is 23.4. The molecule has 0 spiro atoms. The lowest BCUT2D eigenvalue weighted by atomic mass is 10.1. The van der Waals surface area contributed by atoms with E-state index in [1.807, 2.05) is 11.6 Å². The summed E-state index contributed by atoms with van der Waals surface area (Å²) in [5.41, 5.74) is -0.464. The zero-order valence-corrected chi connectivity index (χ0v) is 18.7. The van der Waals surface area contributed by atoms with Crippen LogP contribution in [0.15, 0.2) is 28.8 Å². The maximum absolute atomic E-state index is 13.0. The Balaban J connectivity index is 1.35. The van der Waals surface area contributed by atoms with E-state index in [1.54, 1.807) is 6.07 Å². The molecule has 1 aliphatic heterocycles. The van der Waals surface area contributed by atoms with Gasteiger partial charge in [0.25, 0.3) is 0 Å². The zero-order valence-electron chi connectivity index (χ0n) is 18.7. The van der Waals surface area contributed by atoms with E-state index in [9.17, 15) is 13.2 Å². The lowest BCUT2D eigenvalue weighted by Gasteiger charge is -2.36. The molecule has 4 rings (SSSR count). The second kappa shape index (κ2) is 9.96. The molecule has 12 heteroatoms. The topological polar surface area (TPSA) is 89.0 Å². The summed E-state index contributed by atoms with van der Waals surface area (Å²) in [5.74, 6) is 1.41. The van der Waals surface area contributed by atoms with Crippen LogP contribution < -0.4 is 0 Å². The van der Waals surface area contributed by atoms with E-state index in [-0.39, 0.29) is 17.4 Å². The number of hydrogen-bond acceptors (Lipinski definition) is 8. The highest BCUT2D eigenvalue weighted by atomic mass is 19.4. The quantitative estimate of drug-likeness (QED) is 0.501. The lowest BCUT2D eigenvalue weighted by molar-refractivity contribution is -0.137. The molecule has 3 heterocycles. The third-order valence-electron chi connectivity index (χ3n) is 5.90. The normalized spacial score (nSPS) is 16.9. The van der Waals surface area contributed by atoms with Gasteiger partial charge < -0.3 is 4.52 Å². The average Bonchev–Trinajstić information content (AvgIpc) is 3.47. The van der Waals surface area contributed by atoms with Crippen molar-refractivity contribution in [2.75, 3.05) is 26.2 Å². The summed E-state index contributed by atoms with van der Waals surface area (Å²) in [4.78, 5) is 8.90. The van der Waals surface area contributed by atoms with Gasteiger partial charge in [-0.3, -0.25) is 9.80 Å². The second-order valence-electron chi connectivity index (χ2n) is 8.19. The van der Waals surface area contributed by atoms with Crippen molar-refractivity contribution in [3.05, 3.63) is 41.5 Å². The maximum Gasteiger partial charge on any atom is 0.416 e. The van der Waals surface area contributed by atoms with E-state index < -0.39 is 11.7 Å². The molecular weight excluding hydrogens is 437 g/mol. The average molecular weight is 464 g/mol. The highest BCUT2D eigenvalue weighted by Crippen LogP contribution is 2.32. The number of aromatic nitrogens is 6. The second-order valence-corrected chi connectivity index (χ2v) is 8.19. The molecule has 1 saturated heterocycles. The largest absolute Gasteiger partial charge is 0.416 e. The van der Waals surface area contributed by atoms with Gasteiger partial charge in [-0.2, -0.15) is 18.2 Å². The van der Waals surface area contributed by atoms with Gasteiger partial charge in [0.05, 0.1) is 18.2 Å². The lowest BCUT2D eigenvalue weighted by Crippen LogP contribution is -2.47. The number of rotatable bonds is 8. The first-order valence-electron chi connectivity index (χ1n) is 11.1. The van der Waals surface area contributed by atoms with Crippen molar-refractivity contribution < 1.29 is 17.7 Å². The minimum atomic E-state index is -4.42. The Hall–Kier alpha value is -2.86. The molecule has 0 amide bonds. The van der Waals surface area contributed by atoms with Crippen LogP contribution in [0, 0.1) is 0 Å². The Morgan fingerprint density at radius 2 is 1.94 bits per heavy atom. The first-order valence-corrected chi connectivity index (χ1v) is 11.1. The van der Waals surface area contributed by atoms with Gasteiger partial charge in [-0.25, -0.2) is 4.68 Å². The highest BCUT2D eigenvalue weighted by molar-refractivity contribution is 5.55. The summed E-state index contributed by atoms with van der Waals surface area (Å²) in [6, 6.07) is 4.80. The third-order valence-corrected chi connectivity index (χ3v) is 5.90. The maximum atomic E-state index is 13.0. The number of piperazine rings is 1. The van der Waals surface area contributed by atoms with Gasteiger partial charge in [-0.05, 0) is 35.9 Å². The van der Waals surface area contributed by atoms with E-state index in [2.05, 4.69) is 42.4 Å². The van der Waals surface area contributed by atoms with Crippen molar-refractivity contribution in [1.29, 1.82) is 0 Å². The van der Waals surface area contributed by atoms with Gasteiger partial charge in [0, 0.05) is 38.3 Å². The van der Waals surface area contributed by atoms with Crippen molar-refractivity contribution in [3.8, 4) is 11.4 Å². The first kappa shape index (κ1) is 23.3. The molecule has 2 aromatic heterocycles. The van der Waals surface area contributed by atoms with Crippen LogP contribution in [0.25, 0.3) is 11.4 Å². The third kappa shape index (κ3) is 5.56. The van der Waals surface area contributed by atoms with Crippen LogP contribution in [0.3, 0.4) is 0 Å². The Morgan fingerprint density at radius 3 is 2.67 bits per heavy atom. The summed E-state index contributed by atoms with van der Waals surface area (Å²) in [6.45, 7) is 8.86. The predicted octanol–water partition coefficient (Wildman–Crippen LogP) is 3.42. The summed E-state index contributed by atoms with van der Waals surface area (Å²) in [6.07, 6.45) is -2.30. The monoisotopic (exact) mass is 464 g/mol. The molecule has 9 nitrogen and oxygen atoms in total. The molecule has 0 bridgehead atoms. The smallest absolute Gasteiger partial charge is 0.337 e. The van der Waals surface area contributed by atoms with Crippen molar-refractivity contribution in [2.24, 2.45) is 0 Å². The van der Waals surface area contributed by atoms with E-state index in [4.69, 9.17) is 4.52 Å². The number of aryl methyl sites for hydroxylation is 1. The Labute approximate surface area is 189 Å². The van der Waals surface area contributed by atoms with Gasteiger partial charge >= 0.3 is 6.18 Å². The Kier molecular flexibility index (Phi) is 7.03. The predicted molar refractivity (Wildman–Crippen MR) is 113 cm³/mol. The molecule has 33 heavy (non-hydrogen) atoms. The van der Waals surface area contributed by atoms with Gasteiger partial charge in [0.2, 0.25) is 11.7 Å². The minimum Gasteiger partial charge on any atom is -0.337 e. The van der Waals surface area contributed by atoms with E-state index >= 15 is 0 Å².